The van der Waals surface area contributed by atoms with E-state index in [0.29, 0.717) is 6.54 Å². The molecule has 0 aromatic rings. The van der Waals surface area contributed by atoms with Crippen LogP contribution in [-0.4, -0.2) is 66.8 Å². The van der Waals surface area contributed by atoms with E-state index >= 15 is 0 Å². The summed E-state index contributed by atoms with van der Waals surface area (Å²) < 4.78 is 0. The number of nitrogens with zero attached hydrogens (tertiary/aromatic N) is 2. The molecular formula is C10H23N3O. The second-order valence-electron chi connectivity index (χ2n) is 4.60. The summed E-state index contributed by atoms with van der Waals surface area (Å²) in [5, 5.41) is 9.74. The lowest BCUT2D eigenvalue weighted by atomic mass is 10.0. The van der Waals surface area contributed by atoms with Crippen molar-refractivity contribution in [2.75, 3.05) is 46.3 Å². The summed E-state index contributed by atoms with van der Waals surface area (Å²) in [5.74, 6) is 0. The molecule has 4 nitrogen and oxygen atoms in total. The minimum Gasteiger partial charge on any atom is -0.389 e. The van der Waals surface area contributed by atoms with Crippen LogP contribution in [-0.2, 0) is 0 Å². The predicted molar refractivity (Wildman–Crippen MR) is 58.2 cm³/mol. The second kappa shape index (κ2) is 5.07. The van der Waals surface area contributed by atoms with Gasteiger partial charge in [0, 0.05) is 39.3 Å². The summed E-state index contributed by atoms with van der Waals surface area (Å²) in [5.41, 5.74) is 4.78. The number of hydrogen-bond acceptors (Lipinski definition) is 4. The van der Waals surface area contributed by atoms with E-state index in [1.165, 1.54) is 0 Å². The molecule has 1 saturated heterocycles. The van der Waals surface area contributed by atoms with Crippen molar-refractivity contribution in [3.63, 3.8) is 0 Å². The smallest absolute Gasteiger partial charge is 0.0753 e. The highest BCUT2D eigenvalue weighted by molar-refractivity contribution is 4.77. The van der Waals surface area contributed by atoms with Gasteiger partial charge in [0.2, 0.25) is 0 Å². The molecule has 0 radical (unpaired) electrons. The lowest BCUT2D eigenvalue weighted by Gasteiger charge is -2.34. The molecule has 14 heavy (non-hydrogen) atoms. The summed E-state index contributed by atoms with van der Waals surface area (Å²) in [4.78, 5) is 4.72. The summed E-state index contributed by atoms with van der Waals surface area (Å²) in [6, 6.07) is 0. The number of rotatable bonds is 4. The van der Waals surface area contributed by atoms with Crippen molar-refractivity contribution in [1.29, 1.82) is 0 Å². The van der Waals surface area contributed by atoms with Crippen molar-refractivity contribution < 1.29 is 5.11 Å². The van der Waals surface area contributed by atoms with Crippen LogP contribution in [0.4, 0.5) is 0 Å². The lowest BCUT2D eigenvalue weighted by Crippen LogP contribution is -2.47. The third-order valence-electron chi connectivity index (χ3n) is 3.00. The first-order chi connectivity index (χ1) is 6.53. The van der Waals surface area contributed by atoms with E-state index in [2.05, 4.69) is 16.8 Å². The zero-order valence-corrected chi connectivity index (χ0v) is 9.37. The van der Waals surface area contributed by atoms with E-state index in [9.17, 15) is 5.11 Å². The van der Waals surface area contributed by atoms with Gasteiger partial charge in [0.05, 0.1) is 5.60 Å². The zero-order valence-electron chi connectivity index (χ0n) is 9.37. The number of hydrogen-bond donors (Lipinski definition) is 2. The summed E-state index contributed by atoms with van der Waals surface area (Å²) in [6.45, 7) is 7.59. The van der Waals surface area contributed by atoms with E-state index in [-0.39, 0.29) is 0 Å². The molecule has 3 N–H and O–H groups in total. The SMILES string of the molecule is CN1CCN(CCC(C)(O)CN)CC1. The molecule has 0 saturated carbocycles. The van der Waals surface area contributed by atoms with Gasteiger partial charge in [0.15, 0.2) is 0 Å². The minimum absolute atomic E-state index is 0.348. The largest absolute Gasteiger partial charge is 0.389 e. The molecule has 1 heterocycles. The first-order valence-corrected chi connectivity index (χ1v) is 5.37. The van der Waals surface area contributed by atoms with E-state index in [0.717, 1.165) is 39.1 Å². The van der Waals surface area contributed by atoms with Crippen LogP contribution >= 0.6 is 0 Å². The second-order valence-corrected chi connectivity index (χ2v) is 4.60. The third-order valence-corrected chi connectivity index (χ3v) is 3.00. The highest BCUT2D eigenvalue weighted by atomic mass is 16.3. The first-order valence-electron chi connectivity index (χ1n) is 5.37. The van der Waals surface area contributed by atoms with Gasteiger partial charge in [0.25, 0.3) is 0 Å². The topological polar surface area (TPSA) is 52.7 Å². The molecule has 0 aromatic heterocycles. The Morgan fingerprint density at radius 3 is 2.36 bits per heavy atom. The van der Waals surface area contributed by atoms with Crippen molar-refractivity contribution in [3.8, 4) is 0 Å². The van der Waals surface area contributed by atoms with Gasteiger partial charge in [-0.2, -0.15) is 0 Å². The lowest BCUT2D eigenvalue weighted by molar-refractivity contribution is 0.0410. The van der Waals surface area contributed by atoms with Crippen LogP contribution in [0.5, 0.6) is 0 Å². The third kappa shape index (κ3) is 3.92. The van der Waals surface area contributed by atoms with Crippen LogP contribution in [0, 0.1) is 0 Å². The molecule has 0 spiro atoms. The van der Waals surface area contributed by atoms with Gasteiger partial charge in [-0.3, -0.25) is 0 Å². The highest BCUT2D eigenvalue weighted by Gasteiger charge is 2.20. The minimum atomic E-state index is -0.691. The maximum Gasteiger partial charge on any atom is 0.0753 e. The number of piperazine rings is 1. The van der Waals surface area contributed by atoms with Gasteiger partial charge in [-0.05, 0) is 20.4 Å². The van der Waals surface area contributed by atoms with Crippen LogP contribution in [0.25, 0.3) is 0 Å². The van der Waals surface area contributed by atoms with Gasteiger partial charge >= 0.3 is 0 Å². The Hall–Kier alpha value is -0.160. The maximum atomic E-state index is 9.74. The molecule has 1 atom stereocenters. The monoisotopic (exact) mass is 201 g/mol. The maximum absolute atomic E-state index is 9.74. The fraction of sp³-hybridized carbons (Fsp3) is 1.00. The Morgan fingerprint density at radius 2 is 1.86 bits per heavy atom. The Morgan fingerprint density at radius 1 is 1.29 bits per heavy atom. The van der Waals surface area contributed by atoms with E-state index < -0.39 is 5.60 Å². The number of aliphatic hydroxyl groups is 1. The molecule has 84 valence electrons. The van der Waals surface area contributed by atoms with E-state index in [4.69, 9.17) is 5.73 Å². The van der Waals surface area contributed by atoms with Crippen LogP contribution < -0.4 is 5.73 Å². The van der Waals surface area contributed by atoms with Crippen LogP contribution in [0.1, 0.15) is 13.3 Å². The van der Waals surface area contributed by atoms with Crippen LogP contribution in [0.15, 0.2) is 0 Å². The average Bonchev–Trinajstić information content (AvgIpc) is 2.17. The van der Waals surface area contributed by atoms with Gasteiger partial charge in [0.1, 0.15) is 0 Å². The Kier molecular flexibility index (Phi) is 4.31. The normalized spacial score (nSPS) is 24.9. The van der Waals surface area contributed by atoms with Crippen molar-refractivity contribution in [2.45, 2.75) is 18.9 Å². The van der Waals surface area contributed by atoms with Crippen molar-refractivity contribution in [2.24, 2.45) is 5.73 Å². The van der Waals surface area contributed by atoms with Crippen molar-refractivity contribution in [1.82, 2.24) is 9.80 Å². The Bertz CT molecular complexity index is 165. The highest BCUT2D eigenvalue weighted by Crippen LogP contribution is 2.09. The zero-order chi connectivity index (χ0) is 10.6. The predicted octanol–water partition coefficient (Wildman–Crippen LogP) is -0.666. The van der Waals surface area contributed by atoms with Gasteiger partial charge in [-0.15, -0.1) is 0 Å². The molecule has 0 aromatic carbocycles. The molecule has 1 unspecified atom stereocenters. The molecule has 1 rings (SSSR count). The quantitative estimate of drug-likeness (QED) is 0.634. The van der Waals surface area contributed by atoms with E-state index in [1.54, 1.807) is 0 Å². The molecule has 1 aliphatic rings. The van der Waals surface area contributed by atoms with Gasteiger partial charge < -0.3 is 20.6 Å². The van der Waals surface area contributed by atoms with Crippen molar-refractivity contribution in [3.05, 3.63) is 0 Å². The number of nitrogens with two attached hydrogens (primary N) is 1. The van der Waals surface area contributed by atoms with Crippen molar-refractivity contribution >= 4 is 0 Å². The van der Waals surface area contributed by atoms with Crippen LogP contribution in [0.3, 0.4) is 0 Å². The number of likely N-dealkylation sites (N-methyl/N-ethyl adjacent to an activating group) is 1. The summed E-state index contributed by atoms with van der Waals surface area (Å²) in [6.07, 6.45) is 0.771. The Labute approximate surface area is 86.7 Å². The van der Waals surface area contributed by atoms with E-state index in [1.807, 2.05) is 6.92 Å². The van der Waals surface area contributed by atoms with Crippen LogP contribution in [0.2, 0.25) is 0 Å². The average molecular weight is 201 g/mol. The molecule has 1 fully saturated rings. The molecule has 0 aliphatic carbocycles. The Balaban J connectivity index is 2.19. The molecule has 0 amide bonds. The summed E-state index contributed by atoms with van der Waals surface area (Å²) >= 11 is 0. The molecular weight excluding hydrogens is 178 g/mol. The molecule has 0 bridgehead atoms. The standard InChI is InChI=1S/C10H23N3O/c1-10(14,9-11)3-4-13-7-5-12(2)6-8-13/h14H,3-9,11H2,1-2H3. The fourth-order valence-electron chi connectivity index (χ4n) is 1.57. The first kappa shape index (κ1) is 11.9. The molecule has 4 heteroatoms. The fourth-order valence-corrected chi connectivity index (χ4v) is 1.57. The van der Waals surface area contributed by atoms with Gasteiger partial charge in [-0.1, -0.05) is 0 Å². The van der Waals surface area contributed by atoms with Gasteiger partial charge in [-0.25, -0.2) is 0 Å². The summed E-state index contributed by atoms with van der Waals surface area (Å²) in [7, 11) is 2.15. The molecule has 1 aliphatic heterocycles.